The molecule has 29 heavy (non-hydrogen) atoms. The lowest BCUT2D eigenvalue weighted by Gasteiger charge is -2.12. The Hall–Kier alpha value is -3.55. The van der Waals surface area contributed by atoms with E-state index in [9.17, 15) is 19.5 Å². The first-order chi connectivity index (χ1) is 14.0. The maximum absolute atomic E-state index is 11.9. The van der Waals surface area contributed by atoms with Gasteiger partial charge in [0.05, 0.1) is 18.7 Å². The third-order valence-electron chi connectivity index (χ3n) is 4.39. The molecule has 1 N–H and O–H groups in total. The minimum atomic E-state index is -1.25. The van der Waals surface area contributed by atoms with Gasteiger partial charge in [0.15, 0.2) is 11.5 Å². The Bertz CT molecular complexity index is 1050. The number of oxazole rings is 1. The maximum Gasteiger partial charge on any atom is 0.420 e. The van der Waals surface area contributed by atoms with Gasteiger partial charge in [-0.25, -0.2) is 4.79 Å². The molecule has 1 unspecified atom stereocenters. The molecule has 1 heterocycles. The van der Waals surface area contributed by atoms with Gasteiger partial charge in [-0.1, -0.05) is 24.3 Å². The largest absolute Gasteiger partial charge is 0.492 e. The number of nitrogens with zero attached hydrogens (tertiary/aromatic N) is 1. The zero-order valence-electron chi connectivity index (χ0n) is 15.9. The molecule has 3 rings (SSSR count). The monoisotopic (exact) mass is 399 g/mol. The average Bonchev–Trinajstić information content (AvgIpc) is 3.02. The summed E-state index contributed by atoms with van der Waals surface area (Å²) in [7, 11) is 0. The van der Waals surface area contributed by atoms with Crippen molar-refractivity contribution in [3.05, 3.63) is 64.6 Å². The Kier molecular flexibility index (Phi) is 6.33. The summed E-state index contributed by atoms with van der Waals surface area (Å²) >= 11 is 0. The minimum absolute atomic E-state index is 0.0326. The third-order valence-corrected chi connectivity index (χ3v) is 4.39. The number of ether oxygens (including phenoxy) is 2. The SMILES string of the molecule is CCOC(=O)C(Cc1ccc(OCCn2c(=O)oc3ccccc32)cc1)C(=O)O. The predicted molar refractivity (Wildman–Crippen MR) is 104 cm³/mol. The highest BCUT2D eigenvalue weighted by molar-refractivity contribution is 5.94. The quantitative estimate of drug-likeness (QED) is 0.435. The van der Waals surface area contributed by atoms with E-state index < -0.39 is 23.6 Å². The van der Waals surface area contributed by atoms with Crippen LogP contribution in [0.25, 0.3) is 11.1 Å². The van der Waals surface area contributed by atoms with Gasteiger partial charge >= 0.3 is 17.7 Å². The van der Waals surface area contributed by atoms with E-state index in [2.05, 4.69) is 0 Å². The van der Waals surface area contributed by atoms with E-state index in [4.69, 9.17) is 13.9 Å². The Morgan fingerprint density at radius 3 is 2.55 bits per heavy atom. The van der Waals surface area contributed by atoms with Crippen LogP contribution in [0, 0.1) is 5.92 Å². The molecule has 0 fully saturated rings. The molecule has 0 bridgehead atoms. The number of carboxylic acids is 1. The zero-order valence-corrected chi connectivity index (χ0v) is 15.9. The van der Waals surface area contributed by atoms with Crippen LogP contribution in [-0.2, 0) is 27.3 Å². The van der Waals surface area contributed by atoms with E-state index in [0.29, 0.717) is 29.0 Å². The van der Waals surface area contributed by atoms with E-state index in [-0.39, 0.29) is 19.6 Å². The van der Waals surface area contributed by atoms with Crippen LogP contribution in [0.4, 0.5) is 0 Å². The maximum atomic E-state index is 11.9. The van der Waals surface area contributed by atoms with Crippen molar-refractivity contribution in [3.8, 4) is 5.75 Å². The molecular formula is C21H21NO7. The van der Waals surface area contributed by atoms with Gasteiger partial charge in [0.1, 0.15) is 12.4 Å². The molecule has 0 aliphatic carbocycles. The van der Waals surface area contributed by atoms with Crippen molar-refractivity contribution in [3.63, 3.8) is 0 Å². The smallest absolute Gasteiger partial charge is 0.420 e. The molecule has 0 aliphatic rings. The summed E-state index contributed by atoms with van der Waals surface area (Å²) in [5, 5.41) is 9.23. The highest BCUT2D eigenvalue weighted by Crippen LogP contribution is 2.17. The van der Waals surface area contributed by atoms with Crippen molar-refractivity contribution in [1.82, 2.24) is 4.57 Å². The van der Waals surface area contributed by atoms with Gasteiger partial charge in [-0.15, -0.1) is 0 Å². The summed E-state index contributed by atoms with van der Waals surface area (Å²) < 4.78 is 17.2. The van der Waals surface area contributed by atoms with Crippen molar-refractivity contribution >= 4 is 23.0 Å². The lowest BCUT2D eigenvalue weighted by Crippen LogP contribution is -2.27. The minimum Gasteiger partial charge on any atom is -0.492 e. The number of hydrogen-bond acceptors (Lipinski definition) is 6. The van der Waals surface area contributed by atoms with E-state index in [1.54, 1.807) is 49.4 Å². The van der Waals surface area contributed by atoms with Crippen molar-refractivity contribution < 1.29 is 28.6 Å². The summed E-state index contributed by atoms with van der Waals surface area (Å²) in [4.78, 5) is 35.0. The Labute approximate surface area is 166 Å². The summed E-state index contributed by atoms with van der Waals surface area (Å²) in [6, 6.07) is 13.9. The number of esters is 1. The molecule has 8 nitrogen and oxygen atoms in total. The second-order valence-electron chi connectivity index (χ2n) is 6.33. The molecule has 0 saturated carbocycles. The average molecular weight is 399 g/mol. The molecule has 0 radical (unpaired) electrons. The number of aliphatic carboxylic acids is 1. The van der Waals surface area contributed by atoms with Gasteiger partial charge in [0, 0.05) is 0 Å². The number of para-hydroxylation sites is 2. The fourth-order valence-corrected chi connectivity index (χ4v) is 2.95. The van der Waals surface area contributed by atoms with E-state index in [1.807, 2.05) is 6.07 Å². The normalized spacial score (nSPS) is 11.9. The van der Waals surface area contributed by atoms with Crippen LogP contribution in [0.15, 0.2) is 57.7 Å². The number of rotatable bonds is 9. The summed E-state index contributed by atoms with van der Waals surface area (Å²) in [6.45, 7) is 2.33. The van der Waals surface area contributed by atoms with Crippen molar-refractivity contribution in [1.29, 1.82) is 0 Å². The summed E-state index contributed by atoms with van der Waals surface area (Å²) in [5.74, 6) is -3.09. The van der Waals surface area contributed by atoms with E-state index >= 15 is 0 Å². The molecule has 0 amide bonds. The standard InChI is InChI=1S/C21H21NO7/c1-2-27-20(25)16(19(23)24)13-14-7-9-15(10-8-14)28-12-11-22-17-5-3-4-6-18(17)29-21(22)26/h3-10,16H,2,11-13H2,1H3,(H,23,24). The molecule has 0 aliphatic heterocycles. The third kappa shape index (κ3) is 4.84. The van der Waals surface area contributed by atoms with Gasteiger partial charge < -0.3 is 19.0 Å². The van der Waals surface area contributed by atoms with Crippen LogP contribution in [0.1, 0.15) is 12.5 Å². The van der Waals surface area contributed by atoms with E-state index in [0.717, 1.165) is 0 Å². The van der Waals surface area contributed by atoms with Gasteiger partial charge in [-0.3, -0.25) is 14.2 Å². The first kappa shape index (κ1) is 20.2. The molecule has 3 aromatic rings. The zero-order chi connectivity index (χ0) is 20.8. The molecule has 1 aromatic heterocycles. The summed E-state index contributed by atoms with van der Waals surface area (Å²) in [5.41, 5.74) is 1.90. The van der Waals surface area contributed by atoms with Crippen molar-refractivity contribution in [2.75, 3.05) is 13.2 Å². The van der Waals surface area contributed by atoms with Crippen LogP contribution in [-0.4, -0.2) is 34.8 Å². The number of benzene rings is 2. The van der Waals surface area contributed by atoms with Gasteiger partial charge in [0.2, 0.25) is 0 Å². The molecule has 8 heteroatoms. The van der Waals surface area contributed by atoms with Gasteiger partial charge in [-0.05, 0) is 43.2 Å². The van der Waals surface area contributed by atoms with Crippen LogP contribution < -0.4 is 10.5 Å². The lowest BCUT2D eigenvalue weighted by molar-refractivity contribution is -0.158. The van der Waals surface area contributed by atoms with Crippen molar-refractivity contribution in [2.45, 2.75) is 19.9 Å². The molecule has 0 spiro atoms. The number of aromatic nitrogens is 1. The number of fused-ring (bicyclic) bond motifs is 1. The van der Waals surface area contributed by atoms with Crippen LogP contribution in [0.5, 0.6) is 5.75 Å². The van der Waals surface area contributed by atoms with Crippen LogP contribution >= 0.6 is 0 Å². The number of carbonyl (C=O) groups excluding carboxylic acids is 1. The highest BCUT2D eigenvalue weighted by atomic mass is 16.5. The number of carboxylic acid groups (broad SMARTS) is 1. The second-order valence-corrected chi connectivity index (χ2v) is 6.33. The molecule has 0 saturated heterocycles. The van der Waals surface area contributed by atoms with Crippen LogP contribution in [0.3, 0.4) is 0 Å². The first-order valence-electron chi connectivity index (χ1n) is 9.19. The molecular weight excluding hydrogens is 378 g/mol. The summed E-state index contributed by atoms with van der Waals surface area (Å²) in [6.07, 6.45) is 0.0326. The first-order valence-corrected chi connectivity index (χ1v) is 9.19. The van der Waals surface area contributed by atoms with Crippen molar-refractivity contribution in [2.24, 2.45) is 5.92 Å². The number of hydrogen-bond donors (Lipinski definition) is 1. The fourth-order valence-electron chi connectivity index (χ4n) is 2.95. The second kappa shape index (κ2) is 9.09. The highest BCUT2D eigenvalue weighted by Gasteiger charge is 2.27. The number of carbonyl (C=O) groups is 2. The topological polar surface area (TPSA) is 108 Å². The Morgan fingerprint density at radius 1 is 1.14 bits per heavy atom. The Morgan fingerprint density at radius 2 is 1.86 bits per heavy atom. The van der Waals surface area contributed by atoms with Gasteiger partial charge in [-0.2, -0.15) is 0 Å². The van der Waals surface area contributed by atoms with Gasteiger partial charge in [0.25, 0.3) is 0 Å². The molecule has 1 atom stereocenters. The predicted octanol–water partition coefficient (Wildman–Crippen LogP) is 2.48. The molecule has 152 valence electrons. The fraction of sp³-hybridized carbons (Fsp3) is 0.286. The lowest BCUT2D eigenvalue weighted by atomic mass is 9.99. The molecule has 2 aromatic carbocycles. The van der Waals surface area contributed by atoms with Crippen LogP contribution in [0.2, 0.25) is 0 Å². The van der Waals surface area contributed by atoms with E-state index in [1.165, 1.54) is 4.57 Å². The Balaban J connectivity index is 1.59.